The van der Waals surface area contributed by atoms with Gasteiger partial charge in [0, 0.05) is 99.2 Å². The van der Waals surface area contributed by atoms with Crippen LogP contribution in [0.1, 0.15) is 71.2 Å². The Balaban J connectivity index is 0.653. The Morgan fingerprint density at radius 2 is 1.39 bits per heavy atom. The number of nitrogens with one attached hydrogen (secondary N) is 6. The van der Waals surface area contributed by atoms with Crippen molar-refractivity contribution in [3.63, 3.8) is 0 Å². The fourth-order valence-corrected chi connectivity index (χ4v) is 12.0. The summed E-state index contributed by atoms with van der Waals surface area (Å²) in [4.78, 5) is 60.3. The fourth-order valence-electron chi connectivity index (χ4n) is 9.74. The standard InChI is InChI=1S/C62H90N12O11S2/c1-44-38-65-60(70-58(44)67-49-10-9-11-52(36-49)87(79,80)71-62(6,7)8)68-48-16-18-50(19-17-48)73-24-22-72(23-25-73)42-56(77)63-21-27-82-29-31-84-33-35-85-34-32-83-30-28-81-26-20-55(76)69-54(61(3,4)5)41-74-40-51(75)37-53(74)59(78)64-39-46-12-14-47(15-13-46)57-45(2)66-43-86-57/h9-19,36,38,43,51,53-54,71,75H,20-35,37,39-42H2,1-8H3,(H,63,77)(H,64,78)(H,69,76)(H2,65,67,68,70)/t51-,53+,54-/m1/s1. The third-order valence-corrected chi connectivity index (χ3v) is 17.2. The number of sulfonamides is 1. The van der Waals surface area contributed by atoms with Crippen LogP contribution in [0.15, 0.2) is 89.4 Å². The molecule has 87 heavy (non-hydrogen) atoms. The van der Waals surface area contributed by atoms with Crippen LogP contribution in [-0.4, -0.2) is 198 Å². The minimum atomic E-state index is -3.71. The van der Waals surface area contributed by atoms with E-state index in [1.807, 2.05) is 72.8 Å². The van der Waals surface area contributed by atoms with Gasteiger partial charge in [-0.15, -0.1) is 11.3 Å². The van der Waals surface area contributed by atoms with Crippen molar-refractivity contribution >= 4 is 67.9 Å². The van der Waals surface area contributed by atoms with Gasteiger partial charge < -0.3 is 60.3 Å². The Labute approximate surface area is 517 Å². The van der Waals surface area contributed by atoms with Crippen LogP contribution in [0.4, 0.5) is 28.8 Å². The summed E-state index contributed by atoms with van der Waals surface area (Å²) >= 11 is 1.60. The van der Waals surface area contributed by atoms with Crippen molar-refractivity contribution in [2.24, 2.45) is 5.41 Å². The van der Waals surface area contributed by atoms with Gasteiger partial charge in [0.15, 0.2) is 0 Å². The number of piperazine rings is 1. The molecule has 7 N–H and O–H groups in total. The van der Waals surface area contributed by atoms with Gasteiger partial charge in [-0.3, -0.25) is 24.2 Å². The predicted octanol–water partition coefficient (Wildman–Crippen LogP) is 5.77. The number of aryl methyl sites for hydroxylation is 2. The van der Waals surface area contributed by atoms with Gasteiger partial charge in [0.05, 0.1) is 106 Å². The van der Waals surface area contributed by atoms with Crippen LogP contribution in [0.3, 0.4) is 0 Å². The molecule has 23 nitrogen and oxygen atoms in total. The second kappa shape index (κ2) is 33.4. The van der Waals surface area contributed by atoms with Gasteiger partial charge in [-0.1, -0.05) is 51.1 Å². The highest BCUT2D eigenvalue weighted by Crippen LogP contribution is 2.29. The average molecular weight is 1240 g/mol. The molecular weight excluding hydrogens is 1150 g/mol. The third kappa shape index (κ3) is 23.0. The molecule has 2 fully saturated rings. The van der Waals surface area contributed by atoms with E-state index in [0.717, 1.165) is 64.8 Å². The van der Waals surface area contributed by atoms with E-state index in [-0.39, 0.29) is 47.1 Å². The second-order valence-corrected chi connectivity index (χ2v) is 26.4. The molecule has 4 heterocycles. The molecule has 3 aromatic carbocycles. The first kappa shape index (κ1) is 68.3. The zero-order chi connectivity index (χ0) is 62.4. The summed E-state index contributed by atoms with van der Waals surface area (Å²) in [5.74, 6) is 0.599. The molecule has 0 saturated carbocycles. The molecule has 0 unspecified atom stereocenters. The normalized spacial score (nSPS) is 16.4. The Morgan fingerprint density at radius 3 is 2.01 bits per heavy atom. The largest absolute Gasteiger partial charge is 0.392 e. The number of carbonyl (C=O) groups is 3. The van der Waals surface area contributed by atoms with E-state index < -0.39 is 27.7 Å². The minimum Gasteiger partial charge on any atom is -0.392 e. The maximum absolute atomic E-state index is 13.4. The summed E-state index contributed by atoms with van der Waals surface area (Å²) in [5, 5.41) is 26.3. The number of aromatic nitrogens is 3. The summed E-state index contributed by atoms with van der Waals surface area (Å²) in [6.45, 7) is 24.1. The summed E-state index contributed by atoms with van der Waals surface area (Å²) in [5.41, 5.74) is 7.23. The van der Waals surface area contributed by atoms with Gasteiger partial charge in [0.25, 0.3) is 0 Å². The first-order chi connectivity index (χ1) is 41.6. The number of aliphatic hydroxyl groups is 1. The molecule has 0 aliphatic carbocycles. The van der Waals surface area contributed by atoms with Gasteiger partial charge >= 0.3 is 0 Å². The number of thiazole rings is 1. The van der Waals surface area contributed by atoms with Crippen LogP contribution >= 0.6 is 11.3 Å². The average Bonchev–Trinajstić information content (AvgIpc) is 3.27. The molecule has 7 rings (SSSR count). The first-order valence-corrected chi connectivity index (χ1v) is 32.2. The number of rotatable bonds is 34. The second-order valence-electron chi connectivity index (χ2n) is 23.9. The van der Waals surface area contributed by atoms with Crippen molar-refractivity contribution in [3.05, 3.63) is 101 Å². The zero-order valence-corrected chi connectivity index (χ0v) is 53.3. The Kier molecular flexibility index (Phi) is 26.2. The van der Waals surface area contributed by atoms with Crippen molar-refractivity contribution in [2.75, 3.05) is 134 Å². The van der Waals surface area contributed by atoms with Crippen LogP contribution in [0.5, 0.6) is 0 Å². The Morgan fingerprint density at radius 1 is 0.747 bits per heavy atom. The molecule has 3 atom stereocenters. The van der Waals surface area contributed by atoms with Gasteiger partial charge in [-0.2, -0.15) is 4.98 Å². The van der Waals surface area contributed by atoms with Crippen molar-refractivity contribution in [1.29, 1.82) is 0 Å². The summed E-state index contributed by atoms with van der Waals surface area (Å²) in [7, 11) is -3.71. The highest BCUT2D eigenvalue weighted by Gasteiger charge is 2.39. The molecule has 0 radical (unpaired) electrons. The molecule has 2 aliphatic heterocycles. The van der Waals surface area contributed by atoms with E-state index in [0.29, 0.717) is 116 Å². The summed E-state index contributed by atoms with van der Waals surface area (Å²) < 4.78 is 56.7. The van der Waals surface area contributed by atoms with Gasteiger partial charge in [0.2, 0.25) is 33.7 Å². The number of benzene rings is 3. The summed E-state index contributed by atoms with van der Waals surface area (Å²) in [6.07, 6.45) is 1.58. The van der Waals surface area contributed by atoms with E-state index in [9.17, 15) is 27.9 Å². The smallest absolute Gasteiger partial charge is 0.241 e. The number of hydrogen-bond donors (Lipinski definition) is 7. The number of hydrogen-bond acceptors (Lipinski definition) is 20. The minimum absolute atomic E-state index is 0.0435. The molecule has 476 valence electrons. The lowest BCUT2D eigenvalue weighted by Gasteiger charge is -2.36. The highest BCUT2D eigenvalue weighted by molar-refractivity contribution is 7.89. The van der Waals surface area contributed by atoms with Crippen molar-refractivity contribution in [3.8, 4) is 10.4 Å². The van der Waals surface area contributed by atoms with Crippen molar-refractivity contribution in [1.82, 2.24) is 45.4 Å². The highest BCUT2D eigenvalue weighted by atomic mass is 32.2. The molecule has 0 bridgehead atoms. The first-order valence-electron chi connectivity index (χ1n) is 29.8. The van der Waals surface area contributed by atoms with Crippen LogP contribution in [0.2, 0.25) is 0 Å². The molecule has 5 aromatic rings. The molecule has 0 spiro atoms. The Bertz CT molecular complexity index is 3060. The Hall–Kier alpha value is -6.23. The predicted molar refractivity (Wildman–Crippen MR) is 338 cm³/mol. The number of aliphatic hydroxyl groups excluding tert-OH is 1. The lowest BCUT2D eigenvalue weighted by atomic mass is 9.86. The molecule has 2 aliphatic rings. The van der Waals surface area contributed by atoms with E-state index in [4.69, 9.17) is 23.7 Å². The zero-order valence-electron chi connectivity index (χ0n) is 51.7. The SMILES string of the molecule is Cc1cnc(Nc2ccc(N3CCN(CC(=O)NCCOCCOCCOCCOCCOCCC(=O)N[C@H](CN4C[C@H](O)C[C@H]4C(=O)NCc4ccc(-c5scnc5C)cc4)C(C)(C)C)CC3)cc2)nc1Nc1cccc(S(=O)(=O)NC(C)(C)C)c1. The number of amides is 3. The number of carbonyl (C=O) groups excluding carboxylic acids is 3. The molecule has 3 amide bonds. The van der Waals surface area contributed by atoms with Gasteiger partial charge in [-0.05, 0) is 100 Å². The number of anilines is 5. The monoisotopic (exact) mass is 1240 g/mol. The summed E-state index contributed by atoms with van der Waals surface area (Å²) in [6, 6.07) is 22.0. The number of nitrogens with zero attached hydrogens (tertiary/aromatic N) is 6. The van der Waals surface area contributed by atoms with Gasteiger partial charge in [0.1, 0.15) is 5.82 Å². The topological polar surface area (TPSA) is 272 Å². The van der Waals surface area contributed by atoms with E-state index >= 15 is 0 Å². The van der Waals surface area contributed by atoms with Crippen LogP contribution < -0.4 is 36.2 Å². The lowest BCUT2D eigenvalue weighted by Crippen LogP contribution is -2.54. The van der Waals surface area contributed by atoms with Crippen LogP contribution in [-0.2, 0) is 54.6 Å². The number of β-amino-alcohol motifs (C(OH)–C–C–N with tert-alkyl or cyclic N) is 1. The molecular formula is C62H90N12O11S2. The number of ether oxygens (including phenoxy) is 5. The molecule has 2 saturated heterocycles. The van der Waals surface area contributed by atoms with E-state index in [1.54, 1.807) is 62.6 Å². The van der Waals surface area contributed by atoms with E-state index in [2.05, 4.69) is 76.8 Å². The quantitative estimate of drug-likeness (QED) is 0.0241. The van der Waals surface area contributed by atoms with Crippen LogP contribution in [0.25, 0.3) is 10.4 Å². The third-order valence-electron chi connectivity index (χ3n) is 14.5. The maximum Gasteiger partial charge on any atom is 0.241 e. The number of likely N-dealkylation sites (tertiary alicyclic amines) is 1. The van der Waals surface area contributed by atoms with Gasteiger partial charge in [-0.25, -0.2) is 23.1 Å². The van der Waals surface area contributed by atoms with Crippen LogP contribution in [0, 0.1) is 19.3 Å². The van der Waals surface area contributed by atoms with Crippen molar-refractivity contribution in [2.45, 2.75) is 103 Å². The lowest BCUT2D eigenvalue weighted by molar-refractivity contribution is -0.126. The molecule has 25 heteroatoms. The molecule has 2 aromatic heterocycles. The maximum atomic E-state index is 13.4. The van der Waals surface area contributed by atoms with E-state index in [1.165, 1.54) is 0 Å². The fraction of sp³-hybridized carbons (Fsp3) is 0.548. The van der Waals surface area contributed by atoms with Crippen molar-refractivity contribution < 1.29 is 51.6 Å².